The highest BCUT2D eigenvalue weighted by Crippen LogP contribution is 1.96. The number of aromatic nitrogens is 3. The Balaban J connectivity index is 2.49. The highest BCUT2D eigenvalue weighted by Gasteiger charge is 2.02. The van der Waals surface area contributed by atoms with E-state index in [4.69, 9.17) is 5.84 Å². The van der Waals surface area contributed by atoms with Gasteiger partial charge in [-0.2, -0.15) is 0 Å². The number of nitrogens with two attached hydrogens (primary N) is 1. The molecule has 0 atom stereocenters. The van der Waals surface area contributed by atoms with Gasteiger partial charge in [-0.3, -0.25) is 5.43 Å². The average Bonchev–Trinajstić information content (AvgIpc) is 2.81. The van der Waals surface area contributed by atoms with E-state index in [9.17, 15) is 0 Å². The fourth-order valence-electron chi connectivity index (χ4n) is 1.35. The Kier molecular flexibility index (Phi) is 6.02. The second-order valence-corrected chi connectivity index (χ2v) is 3.62. The summed E-state index contributed by atoms with van der Waals surface area (Å²) >= 11 is 0. The first-order valence-corrected chi connectivity index (χ1v) is 5.93. The van der Waals surface area contributed by atoms with Crippen LogP contribution in [0.1, 0.15) is 32.5 Å². The molecule has 0 aliphatic rings. The van der Waals surface area contributed by atoms with Gasteiger partial charge in [-0.25, -0.2) is 10.8 Å². The highest BCUT2D eigenvalue weighted by atomic mass is 15.3. The SMILES string of the molecule is CCCCNC(=NCc1nncn1CC)NN. The van der Waals surface area contributed by atoms with Gasteiger partial charge in [0, 0.05) is 13.1 Å². The molecule has 96 valence electrons. The molecule has 1 heterocycles. The maximum atomic E-state index is 5.38. The third kappa shape index (κ3) is 4.39. The lowest BCUT2D eigenvalue weighted by Gasteiger charge is -2.08. The Labute approximate surface area is 101 Å². The molecule has 1 aromatic rings. The summed E-state index contributed by atoms with van der Waals surface area (Å²) in [6.07, 6.45) is 3.92. The van der Waals surface area contributed by atoms with E-state index in [2.05, 4.69) is 32.9 Å². The molecule has 0 radical (unpaired) electrons. The normalized spacial score (nSPS) is 11.6. The first-order valence-electron chi connectivity index (χ1n) is 5.93. The van der Waals surface area contributed by atoms with Gasteiger partial charge in [0.25, 0.3) is 0 Å². The fraction of sp³-hybridized carbons (Fsp3) is 0.700. The van der Waals surface area contributed by atoms with Gasteiger partial charge in [-0.05, 0) is 13.3 Å². The van der Waals surface area contributed by atoms with Crippen LogP contribution in [0.4, 0.5) is 0 Å². The second kappa shape index (κ2) is 7.61. The molecule has 0 fully saturated rings. The van der Waals surface area contributed by atoms with Crippen LogP contribution in [-0.2, 0) is 13.1 Å². The van der Waals surface area contributed by atoms with Crippen molar-refractivity contribution >= 4 is 5.96 Å². The van der Waals surface area contributed by atoms with Crippen LogP contribution in [-0.4, -0.2) is 27.3 Å². The number of rotatable bonds is 6. The Bertz CT molecular complexity index is 344. The largest absolute Gasteiger partial charge is 0.355 e. The van der Waals surface area contributed by atoms with Crippen molar-refractivity contribution in [3.05, 3.63) is 12.2 Å². The first-order chi connectivity index (χ1) is 8.31. The molecule has 0 spiro atoms. The van der Waals surface area contributed by atoms with Crippen LogP contribution in [0.2, 0.25) is 0 Å². The number of aliphatic imine (C=N–C) groups is 1. The minimum Gasteiger partial charge on any atom is -0.355 e. The highest BCUT2D eigenvalue weighted by molar-refractivity contribution is 5.79. The molecular weight excluding hydrogens is 218 g/mol. The van der Waals surface area contributed by atoms with Crippen LogP contribution >= 0.6 is 0 Å². The van der Waals surface area contributed by atoms with Crippen LogP contribution in [0, 0.1) is 0 Å². The Hall–Kier alpha value is -1.63. The minimum atomic E-state index is 0.465. The van der Waals surface area contributed by atoms with E-state index in [1.54, 1.807) is 6.33 Å². The molecular formula is C10H21N7. The third-order valence-electron chi connectivity index (χ3n) is 2.37. The summed E-state index contributed by atoms with van der Waals surface area (Å²) in [6.45, 7) is 6.34. The van der Waals surface area contributed by atoms with Crippen LogP contribution in [0.25, 0.3) is 0 Å². The number of unbranched alkanes of at least 4 members (excludes halogenated alkanes) is 1. The van der Waals surface area contributed by atoms with E-state index in [0.29, 0.717) is 12.5 Å². The van der Waals surface area contributed by atoms with Gasteiger partial charge in [0.1, 0.15) is 12.9 Å². The number of hydrogen-bond acceptors (Lipinski definition) is 4. The van der Waals surface area contributed by atoms with Crippen LogP contribution in [0.15, 0.2) is 11.3 Å². The Morgan fingerprint density at radius 1 is 1.53 bits per heavy atom. The summed E-state index contributed by atoms with van der Waals surface area (Å²) in [5, 5.41) is 11.0. The Morgan fingerprint density at radius 3 is 3.00 bits per heavy atom. The summed E-state index contributed by atoms with van der Waals surface area (Å²) in [6, 6.07) is 0. The van der Waals surface area contributed by atoms with Crippen LogP contribution < -0.4 is 16.6 Å². The lowest BCUT2D eigenvalue weighted by molar-refractivity contribution is 0.690. The Morgan fingerprint density at radius 2 is 2.35 bits per heavy atom. The molecule has 0 aliphatic heterocycles. The molecule has 4 N–H and O–H groups in total. The zero-order valence-corrected chi connectivity index (χ0v) is 10.5. The zero-order chi connectivity index (χ0) is 12.5. The average molecular weight is 239 g/mol. The second-order valence-electron chi connectivity index (χ2n) is 3.62. The van der Waals surface area contributed by atoms with Crippen molar-refractivity contribution in [3.63, 3.8) is 0 Å². The van der Waals surface area contributed by atoms with Gasteiger partial charge in [0.05, 0.1) is 0 Å². The lowest BCUT2D eigenvalue weighted by atomic mass is 10.3. The maximum absolute atomic E-state index is 5.38. The summed E-state index contributed by atoms with van der Waals surface area (Å²) in [7, 11) is 0. The summed E-state index contributed by atoms with van der Waals surface area (Å²) in [4.78, 5) is 4.31. The smallest absolute Gasteiger partial charge is 0.206 e. The van der Waals surface area contributed by atoms with Crippen LogP contribution in [0.3, 0.4) is 0 Å². The number of nitrogens with zero attached hydrogens (tertiary/aromatic N) is 4. The predicted molar refractivity (Wildman–Crippen MR) is 67.1 cm³/mol. The molecule has 17 heavy (non-hydrogen) atoms. The molecule has 1 rings (SSSR count). The molecule has 0 amide bonds. The van der Waals surface area contributed by atoms with Gasteiger partial charge in [-0.1, -0.05) is 13.3 Å². The summed E-state index contributed by atoms with van der Waals surface area (Å²) in [5.41, 5.74) is 2.54. The summed E-state index contributed by atoms with van der Waals surface area (Å²) in [5.74, 6) is 6.80. The van der Waals surface area contributed by atoms with E-state index in [0.717, 1.165) is 31.8 Å². The summed E-state index contributed by atoms with van der Waals surface area (Å²) < 4.78 is 1.95. The number of hydrazine groups is 1. The third-order valence-corrected chi connectivity index (χ3v) is 2.37. The number of aryl methyl sites for hydroxylation is 1. The van der Waals surface area contributed by atoms with Crippen molar-refractivity contribution in [2.45, 2.75) is 39.8 Å². The lowest BCUT2D eigenvalue weighted by Crippen LogP contribution is -2.42. The number of hydrogen-bond donors (Lipinski definition) is 3. The van der Waals surface area contributed by atoms with E-state index >= 15 is 0 Å². The van der Waals surface area contributed by atoms with E-state index in [1.807, 2.05) is 11.5 Å². The molecule has 1 aromatic heterocycles. The fourth-order valence-corrected chi connectivity index (χ4v) is 1.35. The van der Waals surface area contributed by atoms with Gasteiger partial charge in [-0.15, -0.1) is 10.2 Å². The monoisotopic (exact) mass is 239 g/mol. The zero-order valence-electron chi connectivity index (χ0n) is 10.5. The van der Waals surface area contributed by atoms with Gasteiger partial charge >= 0.3 is 0 Å². The van der Waals surface area contributed by atoms with Crippen molar-refractivity contribution in [2.24, 2.45) is 10.8 Å². The predicted octanol–water partition coefficient (Wildman–Crippen LogP) is 0.00700. The molecule has 0 bridgehead atoms. The molecule has 0 saturated carbocycles. The quantitative estimate of drug-likeness (QED) is 0.214. The number of guanidine groups is 1. The van der Waals surface area contributed by atoms with Crippen LogP contribution in [0.5, 0.6) is 0 Å². The maximum Gasteiger partial charge on any atom is 0.206 e. The van der Waals surface area contributed by atoms with Gasteiger partial charge in [0.15, 0.2) is 5.82 Å². The van der Waals surface area contributed by atoms with Crippen molar-refractivity contribution in [1.29, 1.82) is 0 Å². The standard InChI is InChI=1S/C10H21N7/c1-3-5-6-12-10(15-11)13-7-9-16-14-8-17(9)4-2/h8H,3-7,11H2,1-2H3,(H2,12,13,15). The van der Waals surface area contributed by atoms with Crippen molar-refractivity contribution in [1.82, 2.24) is 25.5 Å². The van der Waals surface area contributed by atoms with E-state index < -0.39 is 0 Å². The van der Waals surface area contributed by atoms with E-state index in [1.165, 1.54) is 0 Å². The van der Waals surface area contributed by atoms with Crippen molar-refractivity contribution < 1.29 is 0 Å². The van der Waals surface area contributed by atoms with Gasteiger partial charge in [0.2, 0.25) is 5.96 Å². The number of nitrogens with one attached hydrogen (secondary N) is 2. The van der Waals surface area contributed by atoms with Gasteiger partial charge < -0.3 is 9.88 Å². The minimum absolute atomic E-state index is 0.465. The molecule has 0 aliphatic carbocycles. The molecule has 0 saturated heterocycles. The first kappa shape index (κ1) is 13.4. The molecule has 7 nitrogen and oxygen atoms in total. The molecule has 7 heteroatoms. The topological polar surface area (TPSA) is 93.1 Å². The van der Waals surface area contributed by atoms with Crippen molar-refractivity contribution in [3.8, 4) is 0 Å². The molecule has 0 aromatic carbocycles. The van der Waals surface area contributed by atoms with Crippen molar-refractivity contribution in [2.75, 3.05) is 6.54 Å². The molecule has 0 unspecified atom stereocenters. The van der Waals surface area contributed by atoms with E-state index in [-0.39, 0.29) is 0 Å².